The maximum Gasteiger partial charge on any atom is 0.335 e. The van der Waals surface area contributed by atoms with Crippen LogP contribution < -0.4 is 0 Å². The molecule has 1 heterocycles. The van der Waals surface area contributed by atoms with Gasteiger partial charge in [-0.3, -0.25) is 4.99 Å². The molecule has 3 aromatic rings. The third-order valence-corrected chi connectivity index (χ3v) is 3.83. The van der Waals surface area contributed by atoms with Crippen LogP contribution in [0.2, 0.25) is 0 Å². The van der Waals surface area contributed by atoms with Gasteiger partial charge in [0.15, 0.2) is 0 Å². The van der Waals surface area contributed by atoms with Gasteiger partial charge in [0.05, 0.1) is 23.0 Å². The number of carboxylic acid groups (broad SMARTS) is 2. The highest BCUT2D eigenvalue weighted by Gasteiger charge is 2.11. The van der Waals surface area contributed by atoms with Crippen LogP contribution in [0.1, 0.15) is 32.0 Å². The van der Waals surface area contributed by atoms with E-state index in [0.717, 1.165) is 0 Å². The summed E-state index contributed by atoms with van der Waals surface area (Å²) in [5.41, 5.74) is 2.36. The minimum atomic E-state index is -0.991. The Morgan fingerprint density at radius 2 is 1.69 bits per heavy atom. The van der Waals surface area contributed by atoms with Gasteiger partial charge in [-0.1, -0.05) is 12.1 Å². The molecule has 0 spiro atoms. The number of aliphatic imine (C=N–C) groups is 1. The number of furan rings is 1. The molecular formula is C20H15NO5. The van der Waals surface area contributed by atoms with E-state index in [2.05, 4.69) is 4.99 Å². The fourth-order valence-corrected chi connectivity index (χ4v) is 2.41. The quantitative estimate of drug-likeness (QED) is 0.665. The molecule has 2 N–H and O–H groups in total. The van der Waals surface area contributed by atoms with Crippen molar-refractivity contribution in [2.75, 3.05) is 0 Å². The first-order valence-corrected chi connectivity index (χ1v) is 7.75. The highest BCUT2D eigenvalue weighted by atomic mass is 16.4. The molecule has 0 radical (unpaired) electrons. The molecule has 0 amide bonds. The van der Waals surface area contributed by atoms with E-state index in [1.54, 1.807) is 49.4 Å². The van der Waals surface area contributed by atoms with Gasteiger partial charge in [-0.2, -0.15) is 0 Å². The van der Waals surface area contributed by atoms with Crippen LogP contribution in [-0.4, -0.2) is 28.4 Å². The Kier molecular flexibility index (Phi) is 4.66. The lowest BCUT2D eigenvalue weighted by Crippen LogP contribution is -1.99. The zero-order chi connectivity index (χ0) is 18.7. The average Bonchev–Trinajstić information content (AvgIpc) is 3.09. The highest BCUT2D eigenvalue weighted by Crippen LogP contribution is 2.24. The number of aryl methyl sites for hydroxylation is 1. The second-order valence-corrected chi connectivity index (χ2v) is 5.65. The zero-order valence-electron chi connectivity index (χ0n) is 13.8. The minimum absolute atomic E-state index is 0.192. The highest BCUT2D eigenvalue weighted by molar-refractivity contribution is 5.91. The van der Waals surface area contributed by atoms with Crippen molar-refractivity contribution in [2.45, 2.75) is 6.92 Å². The minimum Gasteiger partial charge on any atom is -0.478 e. The molecule has 0 saturated heterocycles. The molecule has 26 heavy (non-hydrogen) atoms. The summed E-state index contributed by atoms with van der Waals surface area (Å²) in [5.74, 6) is -0.938. The van der Waals surface area contributed by atoms with Crippen LogP contribution in [0.4, 0.5) is 5.69 Å². The fraction of sp³-hybridized carbons (Fsp3) is 0.0500. The van der Waals surface area contributed by atoms with E-state index in [0.29, 0.717) is 28.3 Å². The third kappa shape index (κ3) is 3.70. The number of hydrogen-bond donors (Lipinski definition) is 2. The fourth-order valence-electron chi connectivity index (χ4n) is 2.41. The van der Waals surface area contributed by atoms with E-state index in [1.807, 2.05) is 0 Å². The number of carbonyl (C=O) groups is 2. The van der Waals surface area contributed by atoms with Gasteiger partial charge in [0.1, 0.15) is 11.5 Å². The lowest BCUT2D eigenvalue weighted by atomic mass is 10.0. The molecular weight excluding hydrogens is 334 g/mol. The summed E-state index contributed by atoms with van der Waals surface area (Å²) in [4.78, 5) is 26.3. The molecule has 0 atom stereocenters. The van der Waals surface area contributed by atoms with Gasteiger partial charge in [-0.25, -0.2) is 9.59 Å². The largest absolute Gasteiger partial charge is 0.478 e. The molecule has 6 heteroatoms. The molecule has 3 rings (SSSR count). The van der Waals surface area contributed by atoms with Crippen molar-refractivity contribution in [3.05, 3.63) is 77.0 Å². The van der Waals surface area contributed by atoms with Crippen LogP contribution in [0.15, 0.2) is 64.0 Å². The Labute approximate surface area is 149 Å². The molecule has 0 aliphatic carbocycles. The molecule has 130 valence electrons. The molecule has 1 aromatic heterocycles. The van der Waals surface area contributed by atoms with Crippen molar-refractivity contribution in [1.82, 2.24) is 0 Å². The Balaban J connectivity index is 1.80. The summed E-state index contributed by atoms with van der Waals surface area (Å²) in [7, 11) is 0. The first kappa shape index (κ1) is 17.2. The van der Waals surface area contributed by atoms with Gasteiger partial charge >= 0.3 is 11.9 Å². The van der Waals surface area contributed by atoms with Gasteiger partial charge in [0.25, 0.3) is 0 Å². The lowest BCUT2D eigenvalue weighted by molar-refractivity contribution is 0.0685. The van der Waals surface area contributed by atoms with E-state index < -0.39 is 11.9 Å². The summed E-state index contributed by atoms with van der Waals surface area (Å²) >= 11 is 0. The molecule has 0 fully saturated rings. The predicted octanol–water partition coefficient (Wildman–Crippen LogP) is 4.40. The van der Waals surface area contributed by atoms with Crippen molar-refractivity contribution in [3.8, 4) is 11.3 Å². The number of hydrogen-bond acceptors (Lipinski definition) is 4. The summed E-state index contributed by atoms with van der Waals surface area (Å²) < 4.78 is 5.69. The van der Waals surface area contributed by atoms with Crippen LogP contribution in [-0.2, 0) is 0 Å². The van der Waals surface area contributed by atoms with E-state index in [4.69, 9.17) is 9.52 Å². The van der Waals surface area contributed by atoms with E-state index in [9.17, 15) is 14.7 Å². The number of nitrogens with zero attached hydrogens (tertiary/aromatic N) is 1. The third-order valence-electron chi connectivity index (χ3n) is 3.83. The molecule has 6 nitrogen and oxygen atoms in total. The number of benzene rings is 2. The molecule has 0 saturated carbocycles. The molecule has 2 aromatic carbocycles. The smallest absolute Gasteiger partial charge is 0.335 e. The van der Waals surface area contributed by atoms with Gasteiger partial charge < -0.3 is 14.6 Å². The molecule has 0 bridgehead atoms. The van der Waals surface area contributed by atoms with Crippen LogP contribution >= 0.6 is 0 Å². The standard InChI is InChI=1S/C20H15NO5/c1-12-2-3-14(10-17(12)20(24)25)18-9-8-16(26-18)11-21-15-6-4-13(5-7-15)19(22)23/h2-11H,1H3,(H,22,23)(H,24,25). The Bertz CT molecular complexity index is 999. The molecule has 0 aliphatic rings. The van der Waals surface area contributed by atoms with E-state index in [1.165, 1.54) is 18.3 Å². The van der Waals surface area contributed by atoms with E-state index in [-0.39, 0.29) is 11.1 Å². The summed E-state index contributed by atoms with van der Waals surface area (Å²) in [6.07, 6.45) is 1.52. The van der Waals surface area contributed by atoms with Crippen LogP contribution in [0.3, 0.4) is 0 Å². The van der Waals surface area contributed by atoms with Crippen LogP contribution in [0, 0.1) is 6.92 Å². The average molecular weight is 349 g/mol. The monoisotopic (exact) mass is 349 g/mol. The Hall–Kier alpha value is -3.67. The topological polar surface area (TPSA) is 100 Å². The van der Waals surface area contributed by atoms with Crippen molar-refractivity contribution >= 4 is 23.8 Å². The summed E-state index contributed by atoms with van der Waals surface area (Å²) in [6, 6.07) is 14.7. The van der Waals surface area contributed by atoms with Crippen LogP contribution in [0.25, 0.3) is 11.3 Å². The number of carboxylic acids is 2. The van der Waals surface area contributed by atoms with Crippen LogP contribution in [0.5, 0.6) is 0 Å². The zero-order valence-corrected chi connectivity index (χ0v) is 13.8. The number of rotatable bonds is 5. The maximum absolute atomic E-state index is 11.2. The Morgan fingerprint density at radius 3 is 2.35 bits per heavy atom. The SMILES string of the molecule is Cc1ccc(-c2ccc(C=Nc3ccc(C(=O)O)cc3)o2)cc1C(=O)O. The predicted molar refractivity (Wildman–Crippen MR) is 96.5 cm³/mol. The molecule has 0 aliphatic heterocycles. The Morgan fingerprint density at radius 1 is 0.962 bits per heavy atom. The van der Waals surface area contributed by atoms with Crippen molar-refractivity contribution in [2.24, 2.45) is 4.99 Å². The normalized spacial score (nSPS) is 11.0. The first-order valence-electron chi connectivity index (χ1n) is 7.75. The van der Waals surface area contributed by atoms with Crippen molar-refractivity contribution in [3.63, 3.8) is 0 Å². The summed E-state index contributed by atoms with van der Waals surface area (Å²) in [5, 5.41) is 18.1. The van der Waals surface area contributed by atoms with Crippen molar-refractivity contribution < 1.29 is 24.2 Å². The molecule has 0 unspecified atom stereocenters. The van der Waals surface area contributed by atoms with Crippen molar-refractivity contribution in [1.29, 1.82) is 0 Å². The van der Waals surface area contributed by atoms with Gasteiger partial charge in [-0.05, 0) is 55.0 Å². The maximum atomic E-state index is 11.2. The van der Waals surface area contributed by atoms with Gasteiger partial charge in [-0.15, -0.1) is 0 Å². The first-order chi connectivity index (χ1) is 12.4. The van der Waals surface area contributed by atoms with Gasteiger partial charge in [0.2, 0.25) is 0 Å². The second kappa shape index (κ2) is 7.06. The van der Waals surface area contributed by atoms with E-state index >= 15 is 0 Å². The second-order valence-electron chi connectivity index (χ2n) is 5.65. The number of aromatic carboxylic acids is 2. The lowest BCUT2D eigenvalue weighted by Gasteiger charge is -2.03. The summed E-state index contributed by atoms with van der Waals surface area (Å²) in [6.45, 7) is 1.74. The van der Waals surface area contributed by atoms with Gasteiger partial charge in [0, 0.05) is 5.56 Å².